The van der Waals surface area contributed by atoms with Crippen LogP contribution in [0.5, 0.6) is 11.5 Å². The molecule has 0 aromatic heterocycles. The molecule has 0 aliphatic heterocycles. The summed E-state index contributed by atoms with van der Waals surface area (Å²) >= 11 is 0. The minimum Gasteiger partial charge on any atom is -0.493 e. The highest BCUT2D eigenvalue weighted by Crippen LogP contribution is 2.32. The average molecular weight is 403 g/mol. The molecule has 0 bridgehead atoms. The van der Waals surface area contributed by atoms with Gasteiger partial charge in [-0.15, -0.1) is 0 Å². The van der Waals surface area contributed by atoms with Crippen LogP contribution < -0.4 is 15.0 Å². The quantitative estimate of drug-likeness (QED) is 0.459. The van der Waals surface area contributed by atoms with Crippen molar-refractivity contribution in [2.75, 3.05) is 20.8 Å². The molecule has 154 valence electrons. The SMILES string of the molecule is COc1ccc(S(=O)(=O)N(CCC(C)C)[C@@H](C(=O)NO)C(C)C)cc1OC. The van der Waals surface area contributed by atoms with E-state index in [1.807, 2.05) is 13.8 Å². The minimum atomic E-state index is -4.03. The Kier molecular flexibility index (Phi) is 8.52. The number of amides is 1. The Bertz CT molecular complexity index is 733. The van der Waals surface area contributed by atoms with Crippen molar-refractivity contribution in [3.8, 4) is 11.5 Å². The lowest BCUT2D eigenvalue weighted by molar-refractivity contribution is -0.134. The van der Waals surface area contributed by atoms with E-state index in [1.165, 1.54) is 32.4 Å². The largest absolute Gasteiger partial charge is 0.493 e. The Hall–Kier alpha value is -1.84. The fraction of sp³-hybridized carbons (Fsp3) is 0.611. The standard InChI is InChI=1S/C18H30N2O6S/c1-12(2)9-10-20(17(13(3)4)18(21)19-22)27(23,24)14-7-8-15(25-5)16(11-14)26-6/h7-8,11-13,17,22H,9-10H2,1-6H3,(H,19,21)/t17-/m1/s1. The molecule has 1 amide bonds. The summed E-state index contributed by atoms with van der Waals surface area (Å²) in [7, 11) is -1.15. The molecular weight excluding hydrogens is 372 g/mol. The third-order valence-electron chi connectivity index (χ3n) is 4.21. The summed E-state index contributed by atoms with van der Waals surface area (Å²) in [5, 5.41) is 9.11. The van der Waals surface area contributed by atoms with Crippen molar-refractivity contribution in [2.24, 2.45) is 11.8 Å². The molecule has 0 radical (unpaired) electrons. The van der Waals surface area contributed by atoms with Gasteiger partial charge >= 0.3 is 0 Å². The molecule has 0 aliphatic rings. The minimum absolute atomic E-state index is 0.0136. The molecule has 1 rings (SSSR count). The molecule has 0 spiro atoms. The van der Waals surface area contributed by atoms with Crippen LogP contribution in [0.15, 0.2) is 23.1 Å². The summed E-state index contributed by atoms with van der Waals surface area (Å²) in [6.45, 7) is 7.54. The number of carbonyl (C=O) groups is 1. The summed E-state index contributed by atoms with van der Waals surface area (Å²) < 4.78 is 38.2. The van der Waals surface area contributed by atoms with Crippen LogP contribution in [-0.4, -0.2) is 50.6 Å². The number of benzene rings is 1. The van der Waals surface area contributed by atoms with Crippen LogP contribution in [0.1, 0.15) is 34.1 Å². The summed E-state index contributed by atoms with van der Waals surface area (Å²) in [5.74, 6) is -0.205. The van der Waals surface area contributed by atoms with Crippen LogP contribution in [0.25, 0.3) is 0 Å². The second-order valence-corrected chi connectivity index (χ2v) is 8.87. The molecule has 0 unspecified atom stereocenters. The summed E-state index contributed by atoms with van der Waals surface area (Å²) in [6, 6.07) is 3.23. The van der Waals surface area contributed by atoms with Gasteiger partial charge in [0.1, 0.15) is 6.04 Å². The van der Waals surface area contributed by atoms with Crippen LogP contribution in [0.4, 0.5) is 0 Å². The predicted molar refractivity (Wildman–Crippen MR) is 101 cm³/mol. The zero-order chi connectivity index (χ0) is 20.8. The van der Waals surface area contributed by atoms with Gasteiger partial charge in [-0.25, -0.2) is 13.9 Å². The van der Waals surface area contributed by atoms with Gasteiger partial charge in [0.2, 0.25) is 10.0 Å². The van der Waals surface area contributed by atoms with Gasteiger partial charge in [-0.05, 0) is 30.4 Å². The third-order valence-corrected chi connectivity index (χ3v) is 6.09. The van der Waals surface area contributed by atoms with Crippen molar-refractivity contribution >= 4 is 15.9 Å². The number of hydrogen-bond donors (Lipinski definition) is 2. The highest BCUT2D eigenvalue weighted by atomic mass is 32.2. The van der Waals surface area contributed by atoms with Crippen molar-refractivity contribution in [1.82, 2.24) is 9.79 Å². The molecule has 0 saturated carbocycles. The van der Waals surface area contributed by atoms with Crippen molar-refractivity contribution in [3.63, 3.8) is 0 Å². The first-order valence-corrected chi connectivity index (χ1v) is 10.2. The van der Waals surface area contributed by atoms with Gasteiger partial charge < -0.3 is 9.47 Å². The van der Waals surface area contributed by atoms with E-state index in [9.17, 15) is 13.2 Å². The van der Waals surface area contributed by atoms with E-state index in [1.54, 1.807) is 19.3 Å². The number of sulfonamides is 1. The maximum absolute atomic E-state index is 13.3. The van der Waals surface area contributed by atoms with Gasteiger partial charge in [0.05, 0.1) is 19.1 Å². The van der Waals surface area contributed by atoms with E-state index < -0.39 is 22.0 Å². The van der Waals surface area contributed by atoms with Gasteiger partial charge in [0, 0.05) is 12.6 Å². The molecule has 1 atom stereocenters. The van der Waals surface area contributed by atoms with Crippen molar-refractivity contribution in [1.29, 1.82) is 0 Å². The van der Waals surface area contributed by atoms with Crippen LogP contribution in [0, 0.1) is 11.8 Å². The fourth-order valence-corrected chi connectivity index (χ4v) is 4.49. The Morgan fingerprint density at radius 3 is 2.19 bits per heavy atom. The normalized spacial score (nSPS) is 13.1. The number of hydrogen-bond acceptors (Lipinski definition) is 6. The van der Waals surface area contributed by atoms with Crippen molar-refractivity contribution < 1.29 is 27.9 Å². The Balaban J connectivity index is 3.47. The monoisotopic (exact) mass is 402 g/mol. The Morgan fingerprint density at radius 1 is 1.15 bits per heavy atom. The van der Waals surface area contributed by atoms with E-state index in [-0.39, 0.29) is 29.0 Å². The first-order valence-electron chi connectivity index (χ1n) is 8.77. The highest BCUT2D eigenvalue weighted by Gasteiger charge is 2.38. The maximum Gasteiger partial charge on any atom is 0.262 e. The second kappa shape index (κ2) is 9.91. The smallest absolute Gasteiger partial charge is 0.262 e. The summed E-state index contributed by atoms with van der Waals surface area (Å²) in [6.07, 6.45) is 0.564. The Morgan fingerprint density at radius 2 is 1.74 bits per heavy atom. The van der Waals surface area contributed by atoms with E-state index in [2.05, 4.69) is 0 Å². The average Bonchev–Trinajstić information content (AvgIpc) is 2.62. The van der Waals surface area contributed by atoms with Crippen molar-refractivity contribution in [3.05, 3.63) is 18.2 Å². The van der Waals surface area contributed by atoms with E-state index in [4.69, 9.17) is 14.7 Å². The molecule has 1 aromatic carbocycles. The predicted octanol–water partition coefficient (Wildman–Crippen LogP) is 2.27. The number of rotatable bonds is 10. The molecule has 0 fully saturated rings. The number of nitrogens with zero attached hydrogens (tertiary/aromatic N) is 1. The molecular formula is C18H30N2O6S. The molecule has 27 heavy (non-hydrogen) atoms. The first kappa shape index (κ1) is 23.2. The van der Waals surface area contributed by atoms with Crippen LogP contribution in [-0.2, 0) is 14.8 Å². The van der Waals surface area contributed by atoms with Crippen LogP contribution >= 0.6 is 0 Å². The van der Waals surface area contributed by atoms with Gasteiger partial charge in [-0.1, -0.05) is 27.7 Å². The zero-order valence-electron chi connectivity index (χ0n) is 16.7. The lowest BCUT2D eigenvalue weighted by Crippen LogP contribution is -2.52. The van der Waals surface area contributed by atoms with Gasteiger partial charge in [-0.3, -0.25) is 10.0 Å². The molecule has 1 aromatic rings. The number of methoxy groups -OCH3 is 2. The van der Waals surface area contributed by atoms with E-state index in [0.717, 1.165) is 4.31 Å². The van der Waals surface area contributed by atoms with Gasteiger partial charge in [0.15, 0.2) is 11.5 Å². The summed E-state index contributed by atoms with van der Waals surface area (Å²) in [4.78, 5) is 12.2. The summed E-state index contributed by atoms with van der Waals surface area (Å²) in [5.41, 5.74) is 1.59. The number of nitrogens with one attached hydrogen (secondary N) is 1. The van der Waals surface area contributed by atoms with Gasteiger partial charge in [0.25, 0.3) is 5.91 Å². The lowest BCUT2D eigenvalue weighted by Gasteiger charge is -2.32. The maximum atomic E-state index is 13.3. The lowest BCUT2D eigenvalue weighted by atomic mass is 10.0. The van der Waals surface area contributed by atoms with E-state index >= 15 is 0 Å². The molecule has 0 saturated heterocycles. The number of carbonyl (C=O) groups excluding carboxylic acids is 1. The van der Waals surface area contributed by atoms with E-state index in [0.29, 0.717) is 12.2 Å². The highest BCUT2D eigenvalue weighted by molar-refractivity contribution is 7.89. The fourth-order valence-electron chi connectivity index (χ4n) is 2.74. The van der Waals surface area contributed by atoms with Crippen LogP contribution in [0.3, 0.4) is 0 Å². The van der Waals surface area contributed by atoms with Crippen LogP contribution in [0.2, 0.25) is 0 Å². The number of hydroxylamine groups is 1. The molecule has 2 N–H and O–H groups in total. The molecule has 8 nitrogen and oxygen atoms in total. The van der Waals surface area contributed by atoms with Gasteiger partial charge in [-0.2, -0.15) is 4.31 Å². The molecule has 0 aliphatic carbocycles. The molecule has 0 heterocycles. The Labute approximate surface area is 161 Å². The topological polar surface area (TPSA) is 105 Å². The number of ether oxygens (including phenoxy) is 2. The second-order valence-electron chi connectivity index (χ2n) is 6.98. The third kappa shape index (κ3) is 5.57. The first-order chi connectivity index (χ1) is 12.6. The molecule has 9 heteroatoms. The van der Waals surface area contributed by atoms with Crippen molar-refractivity contribution in [2.45, 2.75) is 45.1 Å². The zero-order valence-corrected chi connectivity index (χ0v) is 17.5.